The highest BCUT2D eigenvalue weighted by atomic mass is 16.3. The molecule has 1 aromatic carbocycles. The van der Waals surface area contributed by atoms with Crippen LogP contribution in [0.4, 0.5) is 0 Å². The third-order valence-electron chi connectivity index (χ3n) is 5.46. The van der Waals surface area contributed by atoms with Gasteiger partial charge in [0.1, 0.15) is 22.8 Å². The van der Waals surface area contributed by atoms with E-state index in [-0.39, 0.29) is 46.8 Å². The van der Waals surface area contributed by atoms with E-state index in [2.05, 4.69) is 39.8 Å². The van der Waals surface area contributed by atoms with Crippen LogP contribution in [-0.2, 0) is 12.8 Å². The molecule has 0 fully saturated rings. The monoisotopic (exact) mass is 440 g/mol. The molecule has 0 saturated carbocycles. The van der Waals surface area contributed by atoms with Crippen LogP contribution >= 0.6 is 0 Å². The first-order valence-electron chi connectivity index (χ1n) is 11.3. The van der Waals surface area contributed by atoms with Gasteiger partial charge in [-0.3, -0.25) is 4.79 Å². The molecule has 4 heteroatoms. The molecule has 4 nitrogen and oxygen atoms in total. The summed E-state index contributed by atoms with van der Waals surface area (Å²) in [5.41, 5.74) is 5.24. The lowest BCUT2D eigenvalue weighted by Crippen LogP contribution is -2.02. The smallest absolute Gasteiger partial charge is 0.167 e. The molecular weight excluding hydrogens is 400 g/mol. The fourth-order valence-corrected chi connectivity index (χ4v) is 3.47. The predicted molar refractivity (Wildman–Crippen MR) is 134 cm³/mol. The second-order valence-corrected chi connectivity index (χ2v) is 9.08. The number of rotatable bonds is 11. The maximum Gasteiger partial charge on any atom is 0.167 e. The zero-order valence-corrected chi connectivity index (χ0v) is 20.8. The quantitative estimate of drug-likeness (QED) is 0.246. The number of carbonyl (C=O) groups excluding carboxylic acids is 1. The van der Waals surface area contributed by atoms with Gasteiger partial charge in [-0.25, -0.2) is 0 Å². The summed E-state index contributed by atoms with van der Waals surface area (Å²) < 4.78 is 0. The van der Waals surface area contributed by atoms with E-state index in [1.165, 1.54) is 18.1 Å². The number of ketones is 1. The third-order valence-corrected chi connectivity index (χ3v) is 5.46. The number of hydrogen-bond donors (Lipinski definition) is 3. The largest absolute Gasteiger partial charge is 0.507 e. The van der Waals surface area contributed by atoms with Crippen molar-refractivity contribution in [1.82, 2.24) is 0 Å². The minimum absolute atomic E-state index is 0.126. The molecule has 0 aliphatic heterocycles. The molecule has 0 amide bonds. The van der Waals surface area contributed by atoms with Crippen LogP contribution in [-0.4, -0.2) is 21.1 Å². The van der Waals surface area contributed by atoms with E-state index in [0.717, 1.165) is 36.8 Å². The van der Waals surface area contributed by atoms with Gasteiger partial charge in [0.25, 0.3) is 0 Å². The Bertz CT molecular complexity index is 868. The van der Waals surface area contributed by atoms with E-state index in [9.17, 15) is 20.1 Å². The summed E-state index contributed by atoms with van der Waals surface area (Å²) in [5, 5.41) is 32.2. The number of aromatic hydroxyl groups is 3. The van der Waals surface area contributed by atoms with Crippen LogP contribution in [0.3, 0.4) is 0 Å². The van der Waals surface area contributed by atoms with Crippen LogP contribution in [0.5, 0.6) is 17.2 Å². The second kappa shape index (κ2) is 12.9. The van der Waals surface area contributed by atoms with Gasteiger partial charge in [-0.15, -0.1) is 0 Å². The minimum atomic E-state index is -0.434. The molecule has 32 heavy (non-hydrogen) atoms. The molecule has 1 aromatic rings. The molecule has 176 valence electrons. The molecule has 0 radical (unpaired) electrons. The van der Waals surface area contributed by atoms with Gasteiger partial charge in [0.05, 0.1) is 0 Å². The van der Waals surface area contributed by atoms with Crippen molar-refractivity contribution in [2.75, 3.05) is 0 Å². The van der Waals surface area contributed by atoms with Gasteiger partial charge < -0.3 is 15.3 Å². The Morgan fingerprint density at radius 3 is 1.31 bits per heavy atom. The zero-order valence-electron chi connectivity index (χ0n) is 20.8. The number of phenols is 3. The highest BCUT2D eigenvalue weighted by molar-refractivity contribution is 6.01. The van der Waals surface area contributed by atoms with Crippen molar-refractivity contribution in [3.8, 4) is 17.2 Å². The summed E-state index contributed by atoms with van der Waals surface area (Å²) in [6, 6.07) is 0. The van der Waals surface area contributed by atoms with Crippen molar-refractivity contribution in [2.45, 2.75) is 87.0 Å². The maximum atomic E-state index is 12.1. The topological polar surface area (TPSA) is 77.8 Å². The Hall–Kier alpha value is -2.75. The van der Waals surface area contributed by atoms with Gasteiger partial charge >= 0.3 is 0 Å². The van der Waals surface area contributed by atoms with Crippen molar-refractivity contribution < 1.29 is 20.1 Å². The Labute approximate surface area is 193 Å². The van der Waals surface area contributed by atoms with E-state index in [4.69, 9.17) is 0 Å². The van der Waals surface area contributed by atoms with Crippen LogP contribution in [0.2, 0.25) is 0 Å². The van der Waals surface area contributed by atoms with E-state index in [1.807, 2.05) is 26.0 Å². The van der Waals surface area contributed by atoms with Gasteiger partial charge in [-0.2, -0.15) is 0 Å². The van der Waals surface area contributed by atoms with Gasteiger partial charge in [-0.1, -0.05) is 46.6 Å². The van der Waals surface area contributed by atoms with Crippen LogP contribution < -0.4 is 0 Å². The Morgan fingerprint density at radius 1 is 0.625 bits per heavy atom. The normalized spacial score (nSPS) is 12.0. The fourth-order valence-electron chi connectivity index (χ4n) is 3.47. The molecule has 0 saturated heterocycles. The standard InChI is InChI=1S/C28H40O4/c1-18(2)10-8-12-20(5)14-16-23-26(30)24(28(32)25(22(7)29)27(23)31)17-15-21(6)13-9-11-19(3)4/h10-11,14-15,30-32H,8-9,12-13,16-17H2,1-7H3/b20-14+,21-15+. The lowest BCUT2D eigenvalue weighted by molar-refractivity contribution is 0.101. The van der Waals surface area contributed by atoms with E-state index >= 15 is 0 Å². The van der Waals surface area contributed by atoms with Gasteiger partial charge in [0.2, 0.25) is 0 Å². The Morgan fingerprint density at radius 2 is 1.00 bits per heavy atom. The zero-order chi connectivity index (χ0) is 24.4. The molecule has 0 atom stereocenters. The van der Waals surface area contributed by atoms with Crippen LogP contribution in [0.1, 0.15) is 95.6 Å². The van der Waals surface area contributed by atoms with Crippen LogP contribution in [0.15, 0.2) is 46.6 Å². The fraction of sp³-hybridized carbons (Fsp3) is 0.464. The molecule has 0 aromatic heterocycles. The predicted octanol–water partition coefficient (Wildman–Crippen LogP) is 7.48. The average molecular weight is 441 g/mol. The third kappa shape index (κ3) is 8.41. The van der Waals surface area contributed by atoms with Crippen molar-refractivity contribution in [3.63, 3.8) is 0 Å². The number of benzene rings is 1. The highest BCUT2D eigenvalue weighted by Gasteiger charge is 2.24. The van der Waals surface area contributed by atoms with Gasteiger partial charge in [0, 0.05) is 11.1 Å². The first kappa shape index (κ1) is 27.3. The number of allylic oxidation sites excluding steroid dienone is 8. The van der Waals surface area contributed by atoms with Crippen molar-refractivity contribution >= 4 is 5.78 Å². The van der Waals surface area contributed by atoms with Crippen molar-refractivity contribution in [2.24, 2.45) is 0 Å². The minimum Gasteiger partial charge on any atom is -0.507 e. The molecule has 0 aliphatic rings. The number of Topliss-reactive ketones (excluding diaryl/α,β-unsaturated/α-hetero) is 1. The van der Waals surface area contributed by atoms with Gasteiger partial charge in [-0.05, 0) is 87.0 Å². The van der Waals surface area contributed by atoms with Crippen molar-refractivity contribution in [1.29, 1.82) is 0 Å². The average Bonchev–Trinajstić information content (AvgIpc) is 2.66. The van der Waals surface area contributed by atoms with E-state index < -0.39 is 5.78 Å². The molecule has 0 spiro atoms. The number of hydrogen-bond acceptors (Lipinski definition) is 4. The summed E-state index contributed by atoms with van der Waals surface area (Å²) >= 11 is 0. The first-order chi connectivity index (χ1) is 15.0. The summed E-state index contributed by atoms with van der Waals surface area (Å²) in [6.45, 7) is 13.6. The molecule has 0 heterocycles. The first-order valence-corrected chi connectivity index (χ1v) is 11.3. The summed E-state index contributed by atoms with van der Waals surface area (Å²) in [7, 11) is 0. The van der Waals surface area contributed by atoms with Crippen molar-refractivity contribution in [3.05, 3.63) is 63.3 Å². The second-order valence-electron chi connectivity index (χ2n) is 9.08. The highest BCUT2D eigenvalue weighted by Crippen LogP contribution is 2.43. The number of phenolic OH excluding ortho intramolecular Hbond substituents is 3. The SMILES string of the molecule is CC(=O)c1c(O)c(C/C=C(\C)CCC=C(C)C)c(O)c(C/C=C(\C)CCC=C(C)C)c1O. The summed E-state index contributed by atoms with van der Waals surface area (Å²) in [4.78, 5) is 12.1. The lowest BCUT2D eigenvalue weighted by atomic mass is 9.93. The maximum absolute atomic E-state index is 12.1. The number of carbonyl (C=O) groups is 1. The molecular formula is C28H40O4. The molecule has 0 bridgehead atoms. The molecule has 1 rings (SSSR count). The Balaban J connectivity index is 3.24. The molecule has 0 unspecified atom stereocenters. The lowest BCUT2D eigenvalue weighted by Gasteiger charge is -2.16. The van der Waals surface area contributed by atoms with Crippen LogP contribution in [0, 0.1) is 0 Å². The van der Waals surface area contributed by atoms with E-state index in [0.29, 0.717) is 0 Å². The van der Waals surface area contributed by atoms with Gasteiger partial charge in [0.15, 0.2) is 5.78 Å². The summed E-state index contributed by atoms with van der Waals surface area (Å²) in [5.74, 6) is -1.26. The summed E-state index contributed by atoms with van der Waals surface area (Å²) in [6.07, 6.45) is 12.5. The Kier molecular flexibility index (Phi) is 11.0. The van der Waals surface area contributed by atoms with E-state index in [1.54, 1.807) is 0 Å². The van der Waals surface area contributed by atoms with Crippen LogP contribution in [0.25, 0.3) is 0 Å². The molecule has 3 N–H and O–H groups in total. The molecule has 0 aliphatic carbocycles.